The Kier molecular flexibility index (Phi) is 5.15. The Morgan fingerprint density at radius 2 is 1.82 bits per heavy atom. The Balaban J connectivity index is 1.56. The minimum Gasteiger partial charge on any atom is -0.312 e. The van der Waals surface area contributed by atoms with Gasteiger partial charge in [-0.15, -0.1) is 0 Å². The molecule has 28 heavy (non-hydrogen) atoms. The summed E-state index contributed by atoms with van der Waals surface area (Å²) in [7, 11) is -3.66. The number of carbonyl (C=O) groups is 1. The van der Waals surface area contributed by atoms with E-state index in [1.54, 1.807) is 24.3 Å². The molecule has 1 fully saturated rings. The number of anilines is 2. The Morgan fingerprint density at radius 3 is 2.50 bits per heavy atom. The van der Waals surface area contributed by atoms with E-state index >= 15 is 0 Å². The van der Waals surface area contributed by atoms with Crippen molar-refractivity contribution in [1.29, 1.82) is 0 Å². The zero-order valence-electron chi connectivity index (χ0n) is 16.1. The maximum Gasteiger partial charge on any atom is 0.261 e. The smallest absolute Gasteiger partial charge is 0.261 e. The fraction of sp³-hybridized carbons (Fsp3) is 0.409. The number of rotatable bonds is 5. The number of nitrogens with one attached hydrogen (secondary N) is 1. The summed E-state index contributed by atoms with van der Waals surface area (Å²) in [5, 5.41) is 0. The third kappa shape index (κ3) is 3.65. The molecule has 1 amide bonds. The van der Waals surface area contributed by atoms with Crippen LogP contribution in [0.1, 0.15) is 43.7 Å². The Labute approximate surface area is 166 Å². The van der Waals surface area contributed by atoms with Crippen LogP contribution in [0, 0.1) is 5.92 Å². The first kappa shape index (κ1) is 19.0. The first-order valence-electron chi connectivity index (χ1n) is 10.0. The normalized spacial score (nSPS) is 17.0. The van der Waals surface area contributed by atoms with Gasteiger partial charge in [0.15, 0.2) is 0 Å². The average molecular weight is 399 g/mol. The van der Waals surface area contributed by atoms with Crippen molar-refractivity contribution in [3.05, 3.63) is 53.6 Å². The van der Waals surface area contributed by atoms with Gasteiger partial charge in [-0.2, -0.15) is 0 Å². The lowest BCUT2D eigenvalue weighted by atomic mass is 10.1. The van der Waals surface area contributed by atoms with Crippen LogP contribution < -0.4 is 9.62 Å². The van der Waals surface area contributed by atoms with Crippen LogP contribution in [0.2, 0.25) is 0 Å². The summed E-state index contributed by atoms with van der Waals surface area (Å²) in [6.07, 6.45) is 5.85. The van der Waals surface area contributed by atoms with Gasteiger partial charge in [0.2, 0.25) is 5.91 Å². The van der Waals surface area contributed by atoms with Crippen LogP contribution in [-0.2, 0) is 27.7 Å². The van der Waals surface area contributed by atoms with Crippen LogP contribution in [0.4, 0.5) is 11.4 Å². The van der Waals surface area contributed by atoms with Gasteiger partial charge in [-0.3, -0.25) is 9.52 Å². The summed E-state index contributed by atoms with van der Waals surface area (Å²) in [6.45, 7) is 2.71. The van der Waals surface area contributed by atoms with E-state index < -0.39 is 10.0 Å². The summed E-state index contributed by atoms with van der Waals surface area (Å²) < 4.78 is 28.1. The zero-order valence-corrected chi connectivity index (χ0v) is 17.0. The van der Waals surface area contributed by atoms with Crippen LogP contribution in [0.3, 0.4) is 0 Å². The molecule has 0 bridgehead atoms. The molecule has 4 rings (SSSR count). The predicted molar refractivity (Wildman–Crippen MR) is 111 cm³/mol. The van der Waals surface area contributed by atoms with Crippen molar-refractivity contribution < 1.29 is 13.2 Å². The summed E-state index contributed by atoms with van der Waals surface area (Å²) >= 11 is 0. The lowest BCUT2D eigenvalue weighted by Crippen LogP contribution is -2.33. The number of benzene rings is 2. The second kappa shape index (κ2) is 7.59. The standard InChI is InChI=1S/C22H26N2O3S/c1-2-16-7-11-20(12-8-16)28(26,27)23-19-10-9-17-13-14-24(21(17)15-19)22(25)18-5-3-4-6-18/h7-12,15,18,23H,2-6,13-14H2,1H3. The van der Waals surface area contributed by atoms with E-state index in [1.807, 2.05) is 30.0 Å². The van der Waals surface area contributed by atoms with Gasteiger partial charge >= 0.3 is 0 Å². The Morgan fingerprint density at radius 1 is 1.11 bits per heavy atom. The number of sulfonamides is 1. The maximum atomic E-state index is 12.9. The molecule has 2 aromatic rings. The third-order valence-corrected chi connectivity index (χ3v) is 7.24. The summed E-state index contributed by atoms with van der Waals surface area (Å²) in [6, 6.07) is 12.4. The second-order valence-electron chi connectivity index (χ2n) is 7.67. The molecular formula is C22H26N2O3S. The van der Waals surface area contributed by atoms with Gasteiger partial charge in [0.25, 0.3) is 10.0 Å². The van der Waals surface area contributed by atoms with E-state index in [9.17, 15) is 13.2 Å². The predicted octanol–water partition coefficient (Wildman–Crippen LogP) is 4.13. The number of aryl methyl sites for hydroxylation is 1. The number of hydrogen-bond donors (Lipinski definition) is 1. The quantitative estimate of drug-likeness (QED) is 0.823. The molecule has 0 atom stereocenters. The molecule has 0 unspecified atom stereocenters. The van der Waals surface area contributed by atoms with E-state index in [0.717, 1.165) is 55.3 Å². The van der Waals surface area contributed by atoms with Crippen molar-refractivity contribution in [2.75, 3.05) is 16.2 Å². The van der Waals surface area contributed by atoms with Gasteiger partial charge in [0.1, 0.15) is 0 Å². The van der Waals surface area contributed by atoms with Crippen molar-refractivity contribution >= 4 is 27.3 Å². The second-order valence-corrected chi connectivity index (χ2v) is 9.35. The Bertz CT molecular complexity index is 977. The minimum atomic E-state index is -3.66. The van der Waals surface area contributed by atoms with E-state index in [4.69, 9.17) is 0 Å². The molecule has 1 heterocycles. The van der Waals surface area contributed by atoms with Crippen LogP contribution in [-0.4, -0.2) is 20.9 Å². The van der Waals surface area contributed by atoms with Crippen molar-refractivity contribution in [3.8, 4) is 0 Å². The molecule has 0 spiro atoms. The van der Waals surface area contributed by atoms with Crippen molar-refractivity contribution in [2.45, 2.75) is 50.3 Å². The average Bonchev–Trinajstić information content (AvgIpc) is 3.37. The maximum absolute atomic E-state index is 12.9. The molecule has 1 aliphatic carbocycles. The molecule has 0 saturated heterocycles. The molecular weight excluding hydrogens is 372 g/mol. The number of amides is 1. The molecule has 1 saturated carbocycles. The van der Waals surface area contributed by atoms with E-state index in [2.05, 4.69) is 4.72 Å². The van der Waals surface area contributed by atoms with Crippen molar-refractivity contribution in [3.63, 3.8) is 0 Å². The molecule has 2 aliphatic rings. The summed E-state index contributed by atoms with van der Waals surface area (Å²) in [5.41, 5.74) is 3.53. The zero-order chi connectivity index (χ0) is 19.7. The highest BCUT2D eigenvalue weighted by atomic mass is 32.2. The largest absolute Gasteiger partial charge is 0.312 e. The number of nitrogens with zero attached hydrogens (tertiary/aromatic N) is 1. The summed E-state index contributed by atoms with van der Waals surface area (Å²) in [4.78, 5) is 15.0. The fourth-order valence-corrected chi connectivity index (χ4v) is 5.23. The highest BCUT2D eigenvalue weighted by Crippen LogP contribution is 2.35. The van der Waals surface area contributed by atoms with Crippen molar-refractivity contribution in [2.24, 2.45) is 5.92 Å². The van der Waals surface area contributed by atoms with Gasteiger partial charge in [0.05, 0.1) is 10.6 Å². The molecule has 2 aromatic carbocycles. The first-order chi connectivity index (χ1) is 13.5. The molecule has 6 heteroatoms. The van der Waals surface area contributed by atoms with Gasteiger partial charge in [-0.05, 0) is 61.1 Å². The lowest BCUT2D eigenvalue weighted by molar-refractivity contribution is -0.122. The third-order valence-electron chi connectivity index (χ3n) is 5.85. The number of carbonyl (C=O) groups excluding carboxylic acids is 1. The summed E-state index contributed by atoms with van der Waals surface area (Å²) in [5.74, 6) is 0.301. The van der Waals surface area contributed by atoms with Crippen LogP contribution in [0.15, 0.2) is 47.4 Å². The Hall–Kier alpha value is -2.34. The molecule has 1 aliphatic heterocycles. The van der Waals surface area contributed by atoms with Gasteiger partial charge in [-0.25, -0.2) is 8.42 Å². The molecule has 1 N–H and O–H groups in total. The van der Waals surface area contributed by atoms with Crippen LogP contribution in [0.5, 0.6) is 0 Å². The van der Waals surface area contributed by atoms with Gasteiger partial charge in [-0.1, -0.05) is 38.0 Å². The number of hydrogen-bond acceptors (Lipinski definition) is 3. The lowest BCUT2D eigenvalue weighted by Gasteiger charge is -2.22. The van der Waals surface area contributed by atoms with Crippen LogP contribution >= 0.6 is 0 Å². The van der Waals surface area contributed by atoms with Gasteiger partial charge < -0.3 is 4.90 Å². The molecule has 5 nitrogen and oxygen atoms in total. The molecule has 0 radical (unpaired) electrons. The number of fused-ring (bicyclic) bond motifs is 1. The monoisotopic (exact) mass is 398 g/mol. The van der Waals surface area contributed by atoms with E-state index in [-0.39, 0.29) is 16.7 Å². The fourth-order valence-electron chi connectivity index (χ4n) is 4.18. The highest BCUT2D eigenvalue weighted by molar-refractivity contribution is 7.92. The topological polar surface area (TPSA) is 66.5 Å². The SMILES string of the molecule is CCc1ccc(S(=O)(=O)Nc2ccc3c(c2)N(C(=O)C2CCCC2)CC3)cc1. The minimum absolute atomic E-state index is 0.114. The first-order valence-corrected chi connectivity index (χ1v) is 11.5. The highest BCUT2D eigenvalue weighted by Gasteiger charge is 2.32. The van der Waals surface area contributed by atoms with Crippen molar-refractivity contribution in [1.82, 2.24) is 0 Å². The van der Waals surface area contributed by atoms with E-state index in [0.29, 0.717) is 12.2 Å². The molecule has 148 valence electrons. The van der Waals surface area contributed by atoms with Crippen LogP contribution in [0.25, 0.3) is 0 Å². The molecule has 0 aromatic heterocycles. The van der Waals surface area contributed by atoms with E-state index in [1.165, 1.54) is 0 Å². The van der Waals surface area contributed by atoms with Gasteiger partial charge in [0, 0.05) is 18.2 Å².